The van der Waals surface area contributed by atoms with Gasteiger partial charge in [-0.3, -0.25) is 0 Å². The Labute approximate surface area is 153 Å². The van der Waals surface area contributed by atoms with Crippen molar-refractivity contribution in [2.45, 2.75) is 0 Å². The van der Waals surface area contributed by atoms with Gasteiger partial charge in [-0.15, -0.1) is 10.2 Å². The van der Waals surface area contributed by atoms with E-state index in [-0.39, 0.29) is 5.75 Å². The normalized spacial score (nSPS) is 11.1. The van der Waals surface area contributed by atoms with Crippen molar-refractivity contribution in [1.29, 1.82) is 0 Å². The van der Waals surface area contributed by atoms with E-state index in [0.717, 1.165) is 10.0 Å². The van der Waals surface area contributed by atoms with Gasteiger partial charge in [0.05, 0.1) is 21.9 Å². The van der Waals surface area contributed by atoms with Gasteiger partial charge >= 0.3 is 0 Å². The quantitative estimate of drug-likeness (QED) is 0.502. The number of aromatic hydroxyl groups is 1. The third-order valence-electron chi connectivity index (χ3n) is 3.48. The Bertz CT molecular complexity index is 1050. The number of phenolic OH excluding ortho intramolecular Hbond substituents is 1. The predicted molar refractivity (Wildman–Crippen MR) is 96.5 cm³/mol. The molecule has 0 aliphatic heterocycles. The van der Waals surface area contributed by atoms with Gasteiger partial charge in [0, 0.05) is 10.0 Å². The average molecular weight is 447 g/mol. The number of halogens is 2. The summed E-state index contributed by atoms with van der Waals surface area (Å²) in [6.45, 7) is 0. The first-order chi connectivity index (χ1) is 11.6. The molecule has 4 aromatic rings. The number of benzene rings is 2. The van der Waals surface area contributed by atoms with Crippen molar-refractivity contribution >= 4 is 37.6 Å². The molecule has 1 N–H and O–H groups in total. The summed E-state index contributed by atoms with van der Waals surface area (Å²) in [6.07, 6.45) is 1.65. The highest BCUT2D eigenvalue weighted by atomic mass is 79.9. The molecule has 24 heavy (non-hydrogen) atoms. The molecule has 2 heterocycles. The van der Waals surface area contributed by atoms with Gasteiger partial charge in [0.15, 0.2) is 5.82 Å². The van der Waals surface area contributed by atoms with Crippen LogP contribution in [0.15, 0.2) is 57.6 Å². The second-order valence-electron chi connectivity index (χ2n) is 5.03. The zero-order valence-corrected chi connectivity index (χ0v) is 15.2. The molecule has 0 saturated heterocycles. The standard InChI is InChI=1S/C16H9Br2N5O/c17-10-6-11(14(24)12(18)7-10)15-21-22-16-20-13(8-19-23(15)16)9-4-2-1-3-5-9/h1-8,24H. The summed E-state index contributed by atoms with van der Waals surface area (Å²) in [4.78, 5) is 4.49. The van der Waals surface area contributed by atoms with Gasteiger partial charge in [-0.25, -0.2) is 4.98 Å². The fraction of sp³-hybridized carbons (Fsp3) is 0. The third-order valence-corrected chi connectivity index (χ3v) is 4.54. The average Bonchev–Trinajstić information content (AvgIpc) is 3.02. The van der Waals surface area contributed by atoms with E-state index in [1.165, 1.54) is 4.52 Å². The lowest BCUT2D eigenvalue weighted by atomic mass is 10.2. The first-order valence-electron chi connectivity index (χ1n) is 6.96. The van der Waals surface area contributed by atoms with E-state index < -0.39 is 0 Å². The maximum absolute atomic E-state index is 10.3. The first-order valence-corrected chi connectivity index (χ1v) is 8.54. The van der Waals surface area contributed by atoms with Crippen LogP contribution >= 0.6 is 31.9 Å². The lowest BCUT2D eigenvalue weighted by molar-refractivity contribution is 0.473. The Morgan fingerprint density at radius 3 is 2.58 bits per heavy atom. The van der Waals surface area contributed by atoms with Gasteiger partial charge in [0.2, 0.25) is 0 Å². The largest absolute Gasteiger partial charge is 0.506 e. The fourth-order valence-corrected chi connectivity index (χ4v) is 3.57. The van der Waals surface area contributed by atoms with Crippen molar-refractivity contribution in [2.24, 2.45) is 0 Å². The monoisotopic (exact) mass is 445 g/mol. The number of aromatic nitrogens is 5. The van der Waals surface area contributed by atoms with Crippen LogP contribution in [0.25, 0.3) is 28.4 Å². The van der Waals surface area contributed by atoms with Crippen LogP contribution in [-0.2, 0) is 0 Å². The van der Waals surface area contributed by atoms with Crippen LogP contribution < -0.4 is 0 Å². The van der Waals surface area contributed by atoms with Gasteiger partial charge in [-0.2, -0.15) is 9.61 Å². The zero-order chi connectivity index (χ0) is 16.7. The number of rotatable bonds is 2. The van der Waals surface area contributed by atoms with Crippen LogP contribution in [0.1, 0.15) is 0 Å². The first kappa shape index (κ1) is 15.2. The Hall–Kier alpha value is -2.32. The molecule has 0 aliphatic carbocycles. The molecule has 0 fully saturated rings. The van der Waals surface area contributed by atoms with E-state index >= 15 is 0 Å². The van der Waals surface area contributed by atoms with Crippen molar-refractivity contribution < 1.29 is 5.11 Å². The molecule has 8 heteroatoms. The molecule has 0 bridgehead atoms. The lowest BCUT2D eigenvalue weighted by Crippen LogP contribution is -1.98. The highest BCUT2D eigenvalue weighted by molar-refractivity contribution is 9.11. The predicted octanol–water partition coefficient (Wildman–Crippen LogP) is 4.08. The molecule has 0 amide bonds. The molecular formula is C16H9Br2N5O. The summed E-state index contributed by atoms with van der Waals surface area (Å²) in [7, 11) is 0. The summed E-state index contributed by atoms with van der Waals surface area (Å²) in [6, 6.07) is 13.2. The highest BCUT2D eigenvalue weighted by Crippen LogP contribution is 2.37. The SMILES string of the molecule is Oc1c(Br)cc(Br)cc1-c1nnc2nc(-c3ccccc3)cnn12. The Balaban J connectivity index is 1.88. The van der Waals surface area contributed by atoms with E-state index in [0.29, 0.717) is 27.3 Å². The highest BCUT2D eigenvalue weighted by Gasteiger charge is 2.17. The van der Waals surface area contributed by atoms with Gasteiger partial charge in [0.1, 0.15) is 5.75 Å². The van der Waals surface area contributed by atoms with Crippen molar-refractivity contribution in [3.05, 3.63) is 57.6 Å². The second-order valence-corrected chi connectivity index (χ2v) is 6.80. The van der Waals surface area contributed by atoms with Crippen LogP contribution in [0.4, 0.5) is 0 Å². The van der Waals surface area contributed by atoms with E-state index in [1.807, 2.05) is 30.3 Å². The van der Waals surface area contributed by atoms with Crippen LogP contribution in [0.2, 0.25) is 0 Å². The molecule has 0 aliphatic rings. The fourth-order valence-electron chi connectivity index (χ4n) is 2.35. The number of phenols is 1. The zero-order valence-electron chi connectivity index (χ0n) is 12.1. The Morgan fingerprint density at radius 2 is 1.79 bits per heavy atom. The Kier molecular flexibility index (Phi) is 3.78. The lowest BCUT2D eigenvalue weighted by Gasteiger charge is -2.06. The van der Waals surface area contributed by atoms with Crippen molar-refractivity contribution in [3.8, 4) is 28.4 Å². The summed E-state index contributed by atoms with van der Waals surface area (Å²) in [5.74, 6) is 0.847. The maximum atomic E-state index is 10.3. The molecular weight excluding hydrogens is 438 g/mol. The number of hydrogen-bond donors (Lipinski definition) is 1. The number of nitrogens with zero attached hydrogens (tertiary/aromatic N) is 5. The van der Waals surface area contributed by atoms with Crippen molar-refractivity contribution in [2.75, 3.05) is 0 Å². The molecule has 2 aromatic heterocycles. The minimum absolute atomic E-state index is 0.0708. The van der Waals surface area contributed by atoms with Crippen molar-refractivity contribution in [3.63, 3.8) is 0 Å². The number of hydrogen-bond acceptors (Lipinski definition) is 5. The van der Waals surface area contributed by atoms with E-state index in [2.05, 4.69) is 52.1 Å². The minimum Gasteiger partial charge on any atom is -0.506 e. The summed E-state index contributed by atoms with van der Waals surface area (Å²) in [5, 5.41) is 22.9. The van der Waals surface area contributed by atoms with Crippen LogP contribution in [0, 0.1) is 0 Å². The van der Waals surface area contributed by atoms with Crippen LogP contribution in [0.5, 0.6) is 5.75 Å². The minimum atomic E-state index is 0.0708. The van der Waals surface area contributed by atoms with E-state index in [9.17, 15) is 5.11 Å². The summed E-state index contributed by atoms with van der Waals surface area (Å²) >= 11 is 6.72. The van der Waals surface area contributed by atoms with E-state index in [4.69, 9.17) is 0 Å². The molecule has 4 rings (SSSR count). The molecule has 0 unspecified atom stereocenters. The number of fused-ring (bicyclic) bond motifs is 1. The summed E-state index contributed by atoms with van der Waals surface area (Å²) < 4.78 is 2.85. The van der Waals surface area contributed by atoms with Crippen LogP contribution in [-0.4, -0.2) is 29.9 Å². The molecule has 0 radical (unpaired) electrons. The topological polar surface area (TPSA) is 76.2 Å². The third kappa shape index (κ3) is 2.57. The summed E-state index contributed by atoms with van der Waals surface area (Å²) in [5.41, 5.74) is 2.16. The molecule has 0 saturated carbocycles. The molecule has 0 spiro atoms. The van der Waals surface area contributed by atoms with Gasteiger partial charge in [0.25, 0.3) is 5.78 Å². The molecule has 118 valence electrons. The molecule has 0 atom stereocenters. The van der Waals surface area contributed by atoms with Crippen LogP contribution in [0.3, 0.4) is 0 Å². The molecule has 6 nitrogen and oxygen atoms in total. The van der Waals surface area contributed by atoms with Gasteiger partial charge in [-0.05, 0) is 28.1 Å². The molecule has 2 aromatic carbocycles. The van der Waals surface area contributed by atoms with E-state index in [1.54, 1.807) is 18.3 Å². The maximum Gasteiger partial charge on any atom is 0.272 e. The van der Waals surface area contributed by atoms with Gasteiger partial charge < -0.3 is 5.11 Å². The van der Waals surface area contributed by atoms with Gasteiger partial charge in [-0.1, -0.05) is 46.3 Å². The smallest absolute Gasteiger partial charge is 0.272 e. The second kappa shape index (κ2) is 5.95. The van der Waals surface area contributed by atoms with Crippen molar-refractivity contribution in [1.82, 2.24) is 24.8 Å². The Morgan fingerprint density at radius 1 is 1.00 bits per heavy atom.